The number of fused-ring (bicyclic) bond motifs is 2. The van der Waals surface area contributed by atoms with Crippen LogP contribution >= 0.6 is 0 Å². The zero-order valence-electron chi connectivity index (χ0n) is 20.0. The first-order valence-corrected chi connectivity index (χ1v) is 12.6. The number of carbonyl (C=O) groups excluding carboxylic acids is 1. The summed E-state index contributed by atoms with van der Waals surface area (Å²) in [4.78, 5) is 19.8. The molecule has 1 aromatic heterocycles. The van der Waals surface area contributed by atoms with Gasteiger partial charge in [-0.1, -0.05) is 30.2 Å². The monoisotopic (exact) mass is 470 g/mol. The fourth-order valence-corrected chi connectivity index (χ4v) is 6.90. The van der Waals surface area contributed by atoms with Crippen molar-refractivity contribution in [1.82, 2.24) is 9.88 Å². The maximum absolute atomic E-state index is 13.9. The standard InChI is InChI=1S/C28H33F3N2O/c1-18-5-7-21(19(2)12-18)8-6-20-13-23-4-3-10-27(23,15-20)26(34)33-11-9-25-22(17-33)14-24(16-32-25)28(29,30)31/h5,7,12,14,16,20,23H,3-4,6,8-11,13,15,17H2,1-2H3. The van der Waals surface area contributed by atoms with Crippen LogP contribution in [0.25, 0.3) is 0 Å². The minimum absolute atomic E-state index is 0.173. The molecule has 3 unspecified atom stereocenters. The van der Waals surface area contributed by atoms with E-state index < -0.39 is 11.7 Å². The van der Waals surface area contributed by atoms with E-state index >= 15 is 0 Å². The normalized spacial score (nSPS) is 26.4. The number of hydrogen-bond donors (Lipinski definition) is 0. The maximum Gasteiger partial charge on any atom is 0.417 e. The summed E-state index contributed by atoms with van der Waals surface area (Å²) >= 11 is 0. The first kappa shape index (κ1) is 23.4. The van der Waals surface area contributed by atoms with Crippen LogP contribution in [0.1, 0.15) is 72.0 Å². The first-order chi connectivity index (χ1) is 16.2. The summed E-state index contributed by atoms with van der Waals surface area (Å²) in [5.41, 5.74) is 4.19. The number of aromatic nitrogens is 1. The third-order valence-electron chi connectivity index (χ3n) is 8.63. The van der Waals surface area contributed by atoms with Crippen LogP contribution in [-0.4, -0.2) is 22.3 Å². The van der Waals surface area contributed by atoms with Crippen molar-refractivity contribution in [3.05, 3.63) is 64.0 Å². The second-order valence-corrected chi connectivity index (χ2v) is 10.8. The molecule has 0 radical (unpaired) electrons. The van der Waals surface area contributed by atoms with Crippen LogP contribution in [0.15, 0.2) is 30.5 Å². The summed E-state index contributed by atoms with van der Waals surface area (Å²) in [6.07, 6.45) is 4.26. The summed E-state index contributed by atoms with van der Waals surface area (Å²) in [6, 6.07) is 7.82. The van der Waals surface area contributed by atoms with Gasteiger partial charge in [0.25, 0.3) is 0 Å². The molecule has 1 aromatic carbocycles. The van der Waals surface area contributed by atoms with Crippen LogP contribution in [0.4, 0.5) is 13.2 Å². The van der Waals surface area contributed by atoms with E-state index in [1.165, 1.54) is 22.8 Å². The third kappa shape index (κ3) is 4.25. The molecule has 2 heterocycles. The molecule has 3 atom stereocenters. The molecule has 0 saturated heterocycles. The number of nitrogens with zero attached hydrogens (tertiary/aromatic N) is 2. The van der Waals surface area contributed by atoms with E-state index in [1.54, 1.807) is 0 Å². The van der Waals surface area contributed by atoms with Crippen molar-refractivity contribution in [1.29, 1.82) is 0 Å². The molecule has 3 nitrogen and oxygen atoms in total. The molecule has 1 amide bonds. The van der Waals surface area contributed by atoms with E-state index in [-0.39, 0.29) is 17.9 Å². The van der Waals surface area contributed by atoms with Gasteiger partial charge in [-0.15, -0.1) is 0 Å². The lowest BCUT2D eigenvalue weighted by molar-refractivity contribution is -0.144. The zero-order chi connectivity index (χ0) is 24.1. The van der Waals surface area contributed by atoms with Crippen LogP contribution in [0.2, 0.25) is 0 Å². The molecule has 1 aliphatic heterocycles. The smallest absolute Gasteiger partial charge is 0.337 e. The van der Waals surface area contributed by atoms with Gasteiger partial charge in [-0.2, -0.15) is 13.2 Å². The highest BCUT2D eigenvalue weighted by atomic mass is 19.4. The van der Waals surface area contributed by atoms with Crippen LogP contribution in [-0.2, 0) is 30.4 Å². The molecule has 34 heavy (non-hydrogen) atoms. The van der Waals surface area contributed by atoms with Gasteiger partial charge in [0.05, 0.1) is 11.0 Å². The summed E-state index contributed by atoms with van der Waals surface area (Å²) in [7, 11) is 0. The molecule has 182 valence electrons. The van der Waals surface area contributed by atoms with E-state index in [0.717, 1.165) is 51.1 Å². The Morgan fingerprint density at radius 3 is 2.82 bits per heavy atom. The Labute approximate surface area is 199 Å². The highest BCUT2D eigenvalue weighted by Crippen LogP contribution is 2.58. The molecule has 0 N–H and O–H groups in total. The molecule has 2 aromatic rings. The number of carbonyl (C=O) groups is 1. The number of halogens is 3. The molecule has 3 aliphatic rings. The fourth-order valence-electron chi connectivity index (χ4n) is 6.90. The van der Waals surface area contributed by atoms with Crippen LogP contribution in [0, 0.1) is 31.1 Å². The number of aryl methyl sites for hydroxylation is 3. The Morgan fingerprint density at radius 1 is 1.24 bits per heavy atom. The highest BCUT2D eigenvalue weighted by molar-refractivity contribution is 5.84. The minimum Gasteiger partial charge on any atom is -0.337 e. The number of amides is 1. The average Bonchev–Trinajstić information content (AvgIpc) is 3.35. The molecular formula is C28H33F3N2O. The van der Waals surface area contributed by atoms with Gasteiger partial charge in [-0.05, 0) is 87.0 Å². The molecule has 2 saturated carbocycles. The van der Waals surface area contributed by atoms with Gasteiger partial charge in [0.15, 0.2) is 0 Å². The van der Waals surface area contributed by atoms with Crippen LogP contribution in [0.3, 0.4) is 0 Å². The predicted octanol–water partition coefficient (Wildman–Crippen LogP) is 6.43. The average molecular weight is 471 g/mol. The highest BCUT2D eigenvalue weighted by Gasteiger charge is 2.55. The van der Waals surface area contributed by atoms with E-state index in [2.05, 4.69) is 37.0 Å². The van der Waals surface area contributed by atoms with Gasteiger partial charge in [0.1, 0.15) is 0 Å². The van der Waals surface area contributed by atoms with E-state index in [9.17, 15) is 18.0 Å². The van der Waals surface area contributed by atoms with Crippen molar-refractivity contribution in [3.8, 4) is 0 Å². The molecule has 0 bridgehead atoms. The van der Waals surface area contributed by atoms with Crippen molar-refractivity contribution < 1.29 is 18.0 Å². The largest absolute Gasteiger partial charge is 0.417 e. The molecule has 2 fully saturated rings. The summed E-state index contributed by atoms with van der Waals surface area (Å²) in [5, 5.41) is 0. The topological polar surface area (TPSA) is 33.2 Å². The number of alkyl halides is 3. The lowest BCUT2D eigenvalue weighted by atomic mass is 9.78. The van der Waals surface area contributed by atoms with Crippen molar-refractivity contribution in [2.75, 3.05) is 6.54 Å². The van der Waals surface area contributed by atoms with Crippen LogP contribution in [0.5, 0.6) is 0 Å². The van der Waals surface area contributed by atoms with Crippen molar-refractivity contribution >= 4 is 5.91 Å². The first-order valence-electron chi connectivity index (χ1n) is 12.6. The molecular weight excluding hydrogens is 437 g/mol. The lowest BCUT2D eigenvalue weighted by Crippen LogP contribution is -2.46. The SMILES string of the molecule is Cc1ccc(CCC2CC3CCCC3(C(=O)N3CCc4ncc(C(F)(F)F)cc4C3)C2)c(C)c1. The van der Waals surface area contributed by atoms with Gasteiger partial charge >= 0.3 is 6.18 Å². The molecule has 2 aliphatic carbocycles. The third-order valence-corrected chi connectivity index (χ3v) is 8.63. The Balaban J connectivity index is 1.29. The Morgan fingerprint density at radius 2 is 2.06 bits per heavy atom. The van der Waals surface area contributed by atoms with Gasteiger partial charge in [0, 0.05) is 31.4 Å². The fraction of sp³-hybridized carbons (Fsp3) is 0.571. The maximum atomic E-state index is 13.9. The van der Waals surface area contributed by atoms with E-state index in [1.807, 2.05) is 4.90 Å². The zero-order valence-corrected chi connectivity index (χ0v) is 20.0. The quantitative estimate of drug-likeness (QED) is 0.516. The van der Waals surface area contributed by atoms with E-state index in [4.69, 9.17) is 0 Å². The minimum atomic E-state index is -4.42. The van der Waals surface area contributed by atoms with E-state index in [0.29, 0.717) is 36.1 Å². The number of pyridine rings is 1. The van der Waals surface area contributed by atoms with Crippen molar-refractivity contribution in [2.45, 2.75) is 77.9 Å². The Bertz CT molecular complexity index is 1100. The van der Waals surface area contributed by atoms with Crippen molar-refractivity contribution in [3.63, 3.8) is 0 Å². The van der Waals surface area contributed by atoms with Gasteiger partial charge in [-0.3, -0.25) is 9.78 Å². The van der Waals surface area contributed by atoms with Gasteiger partial charge in [-0.25, -0.2) is 0 Å². The summed E-state index contributed by atoms with van der Waals surface area (Å²) in [5.74, 6) is 1.11. The Kier molecular flexibility index (Phi) is 5.97. The van der Waals surface area contributed by atoms with Gasteiger partial charge < -0.3 is 4.90 Å². The number of benzene rings is 1. The number of rotatable bonds is 4. The number of hydrogen-bond acceptors (Lipinski definition) is 2. The molecule has 5 rings (SSSR count). The Hall–Kier alpha value is -2.37. The second-order valence-electron chi connectivity index (χ2n) is 10.8. The van der Waals surface area contributed by atoms with Crippen molar-refractivity contribution in [2.24, 2.45) is 17.3 Å². The molecule has 0 spiro atoms. The summed E-state index contributed by atoms with van der Waals surface area (Å²) < 4.78 is 39.6. The van der Waals surface area contributed by atoms with Gasteiger partial charge in [0.2, 0.25) is 5.91 Å². The predicted molar refractivity (Wildman–Crippen MR) is 125 cm³/mol. The molecule has 6 heteroatoms. The summed E-state index contributed by atoms with van der Waals surface area (Å²) in [6.45, 7) is 5.08. The lowest BCUT2D eigenvalue weighted by Gasteiger charge is -2.37. The van der Waals surface area contributed by atoms with Crippen LogP contribution < -0.4 is 0 Å². The second kappa shape index (κ2) is 8.69.